The Kier molecular flexibility index (Phi) is 3.27. The topological polar surface area (TPSA) is 72.3 Å². The predicted octanol–water partition coefficient (Wildman–Crippen LogP) is 3.44. The van der Waals surface area contributed by atoms with Gasteiger partial charge in [0.1, 0.15) is 0 Å². The Bertz CT molecular complexity index is 833. The summed E-state index contributed by atoms with van der Waals surface area (Å²) < 4.78 is 9.84. The molecule has 0 amide bonds. The van der Waals surface area contributed by atoms with E-state index in [4.69, 9.17) is 16.0 Å². The van der Waals surface area contributed by atoms with Crippen LogP contribution in [0, 0.1) is 0 Å². The molecule has 2 heterocycles. The second-order valence-corrected chi connectivity index (χ2v) is 4.80. The van der Waals surface area contributed by atoms with Gasteiger partial charge in [0.15, 0.2) is 5.76 Å². The van der Waals surface area contributed by atoms with Crippen LogP contribution in [-0.2, 0) is 9.53 Å². The molecule has 0 bridgehead atoms. The van der Waals surface area contributed by atoms with E-state index in [1.54, 1.807) is 30.3 Å². The summed E-state index contributed by atoms with van der Waals surface area (Å²) in [5.74, 6) is -1.24. The molecule has 0 saturated carbocycles. The number of methoxy groups -OCH3 is 1. The lowest BCUT2D eigenvalue weighted by atomic mass is 10.1. The van der Waals surface area contributed by atoms with Crippen LogP contribution < -0.4 is 0 Å². The molecule has 0 aliphatic carbocycles. The molecular weight excluding hydrogens is 294 g/mol. The van der Waals surface area contributed by atoms with Crippen LogP contribution in [0.1, 0.15) is 10.4 Å². The van der Waals surface area contributed by atoms with Crippen LogP contribution in [-0.4, -0.2) is 23.8 Å². The molecule has 0 aliphatic rings. The van der Waals surface area contributed by atoms with E-state index in [1.807, 2.05) is 0 Å². The quantitative estimate of drug-likeness (QED) is 0.457. The first kappa shape index (κ1) is 13.5. The second-order valence-electron chi connectivity index (χ2n) is 4.36. The summed E-state index contributed by atoms with van der Waals surface area (Å²) in [6.07, 6.45) is 1.49. The average molecular weight is 304 g/mol. The standard InChI is InChI=1S/C15H10ClNO4/c1-20-15(19)14(18)12-9-7-8(16)4-5-10(9)17-13(12)11-3-2-6-21-11/h2-7,17H,1H3. The third-order valence-electron chi connectivity index (χ3n) is 3.13. The molecule has 1 N–H and O–H groups in total. The van der Waals surface area contributed by atoms with E-state index in [-0.39, 0.29) is 5.56 Å². The van der Waals surface area contributed by atoms with E-state index < -0.39 is 11.8 Å². The Morgan fingerprint density at radius 3 is 2.76 bits per heavy atom. The lowest BCUT2D eigenvalue weighted by Gasteiger charge is -2.01. The Morgan fingerprint density at radius 2 is 2.10 bits per heavy atom. The molecule has 3 rings (SSSR count). The molecule has 106 valence electrons. The van der Waals surface area contributed by atoms with Gasteiger partial charge in [0.05, 0.1) is 24.6 Å². The molecule has 0 aliphatic heterocycles. The Balaban J connectivity index is 2.32. The molecule has 5 nitrogen and oxygen atoms in total. The number of Topliss-reactive ketones (excluding diaryl/α,β-unsaturated/α-hetero) is 1. The zero-order valence-corrected chi connectivity index (χ0v) is 11.7. The molecule has 0 saturated heterocycles. The predicted molar refractivity (Wildman–Crippen MR) is 77.4 cm³/mol. The highest BCUT2D eigenvalue weighted by Gasteiger charge is 2.26. The van der Waals surface area contributed by atoms with Crippen molar-refractivity contribution in [1.82, 2.24) is 4.98 Å². The zero-order chi connectivity index (χ0) is 15.0. The number of hydrogen-bond acceptors (Lipinski definition) is 4. The highest BCUT2D eigenvalue weighted by atomic mass is 35.5. The smallest absolute Gasteiger partial charge is 0.379 e. The number of furan rings is 1. The monoisotopic (exact) mass is 303 g/mol. The molecule has 0 radical (unpaired) electrons. The third kappa shape index (κ3) is 2.21. The number of halogens is 1. The summed E-state index contributed by atoms with van der Waals surface area (Å²) in [5, 5.41) is 1.01. The van der Waals surface area contributed by atoms with Crippen LogP contribution in [0.15, 0.2) is 41.0 Å². The van der Waals surface area contributed by atoms with Crippen molar-refractivity contribution >= 4 is 34.3 Å². The van der Waals surface area contributed by atoms with Crippen molar-refractivity contribution in [1.29, 1.82) is 0 Å². The fourth-order valence-corrected chi connectivity index (χ4v) is 2.37. The molecule has 6 heteroatoms. The maximum atomic E-state index is 12.3. The summed E-state index contributed by atoms with van der Waals surface area (Å²) >= 11 is 5.98. The number of fused-ring (bicyclic) bond motifs is 1. The number of nitrogens with one attached hydrogen (secondary N) is 1. The van der Waals surface area contributed by atoms with Crippen molar-refractivity contribution in [2.24, 2.45) is 0 Å². The number of ether oxygens (including phenoxy) is 1. The summed E-state index contributed by atoms with van der Waals surface area (Å²) in [4.78, 5) is 27.0. The van der Waals surface area contributed by atoms with Gasteiger partial charge < -0.3 is 14.1 Å². The van der Waals surface area contributed by atoms with E-state index >= 15 is 0 Å². The molecule has 0 unspecified atom stereocenters. The maximum Gasteiger partial charge on any atom is 0.379 e. The third-order valence-corrected chi connectivity index (χ3v) is 3.36. The number of H-pyrrole nitrogens is 1. The molecular formula is C15H10ClNO4. The van der Waals surface area contributed by atoms with Crippen molar-refractivity contribution in [3.8, 4) is 11.5 Å². The normalized spacial score (nSPS) is 10.8. The van der Waals surface area contributed by atoms with Gasteiger partial charge in [-0.25, -0.2) is 4.79 Å². The Morgan fingerprint density at radius 1 is 1.29 bits per heavy atom. The summed E-state index contributed by atoms with van der Waals surface area (Å²) in [6, 6.07) is 8.44. The lowest BCUT2D eigenvalue weighted by molar-refractivity contribution is -0.135. The molecule has 1 aromatic carbocycles. The molecule has 0 fully saturated rings. The van der Waals surface area contributed by atoms with Gasteiger partial charge in [0, 0.05) is 15.9 Å². The number of aromatic amines is 1. The minimum Gasteiger partial charge on any atom is -0.463 e. The minimum absolute atomic E-state index is 0.189. The number of hydrogen-bond donors (Lipinski definition) is 1. The minimum atomic E-state index is -0.941. The van der Waals surface area contributed by atoms with Crippen LogP contribution in [0.3, 0.4) is 0 Å². The van der Waals surface area contributed by atoms with Crippen LogP contribution in [0.2, 0.25) is 5.02 Å². The first-order chi connectivity index (χ1) is 10.1. The number of ketones is 1. The number of aromatic nitrogens is 1. The van der Waals surface area contributed by atoms with E-state index in [1.165, 1.54) is 6.26 Å². The van der Waals surface area contributed by atoms with Crippen LogP contribution in [0.5, 0.6) is 0 Å². The highest BCUT2D eigenvalue weighted by molar-refractivity contribution is 6.44. The van der Waals surface area contributed by atoms with Crippen molar-refractivity contribution in [2.45, 2.75) is 0 Å². The van der Waals surface area contributed by atoms with Crippen LogP contribution >= 0.6 is 11.6 Å². The van der Waals surface area contributed by atoms with E-state index in [9.17, 15) is 9.59 Å². The molecule has 3 aromatic rings. The molecule has 2 aromatic heterocycles. The number of esters is 1. The largest absolute Gasteiger partial charge is 0.463 e. The van der Waals surface area contributed by atoms with Gasteiger partial charge >= 0.3 is 5.97 Å². The van der Waals surface area contributed by atoms with Crippen LogP contribution in [0.25, 0.3) is 22.4 Å². The van der Waals surface area contributed by atoms with Gasteiger partial charge in [0.2, 0.25) is 0 Å². The van der Waals surface area contributed by atoms with E-state index in [0.717, 1.165) is 7.11 Å². The summed E-state index contributed by atoms with van der Waals surface area (Å²) in [6.45, 7) is 0. The molecule has 0 spiro atoms. The van der Waals surface area contributed by atoms with Crippen molar-refractivity contribution in [3.05, 3.63) is 47.2 Å². The number of carbonyl (C=O) groups excluding carboxylic acids is 2. The average Bonchev–Trinajstić information content (AvgIpc) is 3.12. The first-order valence-electron chi connectivity index (χ1n) is 6.09. The van der Waals surface area contributed by atoms with Crippen LogP contribution in [0.4, 0.5) is 0 Å². The lowest BCUT2D eigenvalue weighted by Crippen LogP contribution is -2.16. The van der Waals surface area contributed by atoms with E-state index in [0.29, 0.717) is 27.4 Å². The fraction of sp³-hybridized carbons (Fsp3) is 0.0667. The summed E-state index contributed by atoms with van der Waals surface area (Å²) in [5.41, 5.74) is 1.29. The first-order valence-corrected chi connectivity index (χ1v) is 6.47. The number of benzene rings is 1. The SMILES string of the molecule is COC(=O)C(=O)c1c(-c2ccco2)[nH]c2ccc(Cl)cc12. The zero-order valence-electron chi connectivity index (χ0n) is 11.0. The van der Waals surface area contributed by atoms with Crippen molar-refractivity contribution in [3.63, 3.8) is 0 Å². The summed E-state index contributed by atoms with van der Waals surface area (Å²) in [7, 11) is 1.16. The Labute approximate surface area is 124 Å². The maximum absolute atomic E-state index is 12.3. The van der Waals surface area contributed by atoms with Gasteiger partial charge in [-0.2, -0.15) is 0 Å². The number of rotatable bonds is 3. The van der Waals surface area contributed by atoms with Crippen molar-refractivity contribution in [2.75, 3.05) is 7.11 Å². The number of carbonyl (C=O) groups is 2. The van der Waals surface area contributed by atoms with Gasteiger partial charge in [-0.05, 0) is 30.3 Å². The van der Waals surface area contributed by atoms with E-state index in [2.05, 4.69) is 9.72 Å². The van der Waals surface area contributed by atoms with Gasteiger partial charge in [-0.3, -0.25) is 4.79 Å². The van der Waals surface area contributed by atoms with Crippen molar-refractivity contribution < 1.29 is 18.7 Å². The highest BCUT2D eigenvalue weighted by Crippen LogP contribution is 2.32. The molecule has 21 heavy (non-hydrogen) atoms. The Hall–Kier alpha value is -2.53. The van der Waals surface area contributed by atoms with Gasteiger partial charge in [-0.1, -0.05) is 11.6 Å². The van der Waals surface area contributed by atoms with Gasteiger partial charge in [0.25, 0.3) is 5.78 Å². The fourth-order valence-electron chi connectivity index (χ4n) is 2.20. The second kappa shape index (κ2) is 5.10. The van der Waals surface area contributed by atoms with Gasteiger partial charge in [-0.15, -0.1) is 0 Å². The molecule has 0 atom stereocenters.